The van der Waals surface area contributed by atoms with Crippen molar-refractivity contribution < 1.29 is 0 Å². The first-order valence-corrected chi connectivity index (χ1v) is 18.2. The fourth-order valence-electron chi connectivity index (χ4n) is 8.43. The molecule has 0 bridgehead atoms. The Morgan fingerprint density at radius 3 is 1.21 bits per heavy atom. The molecule has 2 heterocycles. The molecule has 0 unspecified atom stereocenters. The van der Waals surface area contributed by atoms with Gasteiger partial charge in [-0.05, 0) is 121 Å². The number of hydrogen-bond acceptors (Lipinski definition) is 4. The van der Waals surface area contributed by atoms with Crippen LogP contribution in [0.1, 0.15) is 70.5 Å². The fourth-order valence-corrected chi connectivity index (χ4v) is 13.8. The second kappa shape index (κ2) is 11.2. The predicted molar refractivity (Wildman–Crippen MR) is 185 cm³/mol. The van der Waals surface area contributed by atoms with E-state index in [1.54, 1.807) is 12.1 Å². The van der Waals surface area contributed by atoms with Crippen LogP contribution in [0.2, 0.25) is 0 Å². The summed E-state index contributed by atoms with van der Waals surface area (Å²) in [5, 5.41) is 45.5. The molecule has 6 nitrogen and oxygen atoms in total. The maximum absolute atomic E-state index is 10.3. The molecule has 4 aromatic carbocycles. The van der Waals surface area contributed by atoms with E-state index in [2.05, 4.69) is 81.3 Å². The first-order chi connectivity index (χ1) is 23.1. The molecule has 7 heteroatoms. The van der Waals surface area contributed by atoms with Gasteiger partial charge in [-0.2, -0.15) is 21.0 Å². The van der Waals surface area contributed by atoms with Crippen LogP contribution >= 0.6 is 0 Å². The number of rotatable bonds is 4. The van der Waals surface area contributed by atoms with Crippen molar-refractivity contribution in [2.45, 2.75) is 51.4 Å². The Labute approximate surface area is 274 Å². The Morgan fingerprint density at radius 1 is 0.468 bits per heavy atom. The summed E-state index contributed by atoms with van der Waals surface area (Å²) in [4.78, 5) is 0. The molecule has 0 radical (unpaired) electrons. The molecule has 47 heavy (non-hydrogen) atoms. The van der Waals surface area contributed by atoms with E-state index in [-0.39, 0.29) is 0 Å². The maximum Gasteiger partial charge on any atom is 0.340 e. The minimum absolute atomic E-state index is 0.420. The van der Waals surface area contributed by atoms with Gasteiger partial charge in [-0.15, -0.1) is 0 Å². The molecule has 8 rings (SSSR count). The van der Waals surface area contributed by atoms with Crippen LogP contribution in [0.4, 0.5) is 0 Å². The van der Waals surface area contributed by atoms with Gasteiger partial charge in [0.1, 0.15) is 0 Å². The van der Waals surface area contributed by atoms with Gasteiger partial charge in [-0.3, -0.25) is 0 Å². The third-order valence-electron chi connectivity index (χ3n) is 10.2. The zero-order valence-electron chi connectivity index (χ0n) is 25.9. The lowest BCUT2D eigenvalue weighted by molar-refractivity contribution is 0.662. The van der Waals surface area contributed by atoms with Crippen LogP contribution in [-0.4, -0.2) is 16.9 Å². The van der Waals surface area contributed by atoms with E-state index >= 15 is 0 Å². The highest BCUT2D eigenvalue weighted by Crippen LogP contribution is 2.40. The van der Waals surface area contributed by atoms with Crippen molar-refractivity contribution in [1.82, 2.24) is 8.47 Å². The molecule has 6 aromatic rings. The van der Waals surface area contributed by atoms with E-state index in [9.17, 15) is 21.0 Å². The van der Waals surface area contributed by atoms with Crippen LogP contribution in [0.5, 0.6) is 0 Å². The van der Waals surface area contributed by atoms with Gasteiger partial charge in [0, 0.05) is 33.2 Å². The first kappa shape index (κ1) is 28.6. The molecule has 0 spiro atoms. The van der Waals surface area contributed by atoms with E-state index in [0.717, 1.165) is 72.8 Å². The van der Waals surface area contributed by atoms with Gasteiger partial charge in [0.25, 0.3) is 0 Å². The number of aromatic nitrogens is 2. The van der Waals surface area contributed by atoms with Crippen LogP contribution in [-0.2, 0) is 25.7 Å². The molecule has 0 fully saturated rings. The quantitative estimate of drug-likeness (QED) is 0.210. The van der Waals surface area contributed by atoms with Gasteiger partial charge < -0.3 is 8.47 Å². The maximum atomic E-state index is 10.3. The first-order valence-electron chi connectivity index (χ1n) is 16.3. The number of benzene rings is 4. The molecule has 0 saturated heterocycles. The SMILES string of the molecule is N#Cc1cc(C#N)cc([Si](c2cc(C#N)cc(C#N)c2)(n2c3c(c4ccccc42)CCCC3)n2c3c(c4ccccc42)CCCC3)c1. The summed E-state index contributed by atoms with van der Waals surface area (Å²) in [6.07, 6.45) is 8.08. The van der Waals surface area contributed by atoms with Crippen LogP contribution in [0.25, 0.3) is 21.8 Å². The molecular weight excluding hydrogens is 593 g/mol. The molecule has 0 N–H and O–H groups in total. The highest BCUT2D eigenvalue weighted by molar-refractivity contribution is 7.01. The second-order valence-electron chi connectivity index (χ2n) is 12.7. The van der Waals surface area contributed by atoms with Crippen LogP contribution in [0.3, 0.4) is 0 Å². The van der Waals surface area contributed by atoms with Crippen molar-refractivity contribution in [3.8, 4) is 24.3 Å². The summed E-state index contributed by atoms with van der Waals surface area (Å²) in [7, 11) is -3.64. The monoisotopic (exact) mass is 622 g/mol. The normalized spacial score (nSPS) is 14.0. The van der Waals surface area contributed by atoms with Crippen LogP contribution < -0.4 is 10.4 Å². The standard InChI is InChI=1S/C40H30N6Si/c41-23-27-17-28(24-42)20-31(19-27)47(32-21-29(25-43)18-30(22-32)26-44,45-37-13-5-1-9-33(37)34-10-2-6-14-38(34)45)46-39-15-7-3-11-35(39)36-12-4-8-16-40(36)46/h1,3,5,7,9,11,13,15,17-22H,2,4,6,8,10,12,14,16H2. The highest BCUT2D eigenvalue weighted by Gasteiger charge is 2.49. The van der Waals surface area contributed by atoms with Gasteiger partial charge in [-0.1, -0.05) is 36.4 Å². The molecule has 0 aliphatic heterocycles. The fraction of sp³-hybridized carbons (Fsp3) is 0.200. The minimum Gasteiger partial charge on any atom is -0.346 e. The number of fused-ring (bicyclic) bond motifs is 6. The summed E-state index contributed by atoms with van der Waals surface area (Å²) in [5.74, 6) is 0. The van der Waals surface area contributed by atoms with Gasteiger partial charge in [0.05, 0.1) is 46.5 Å². The number of para-hydroxylation sites is 2. The molecule has 0 saturated carbocycles. The second-order valence-corrected chi connectivity index (χ2v) is 16.1. The topological polar surface area (TPSA) is 105 Å². The summed E-state index contributed by atoms with van der Waals surface area (Å²) < 4.78 is 5.15. The molecule has 224 valence electrons. The number of aryl methyl sites for hydroxylation is 2. The molecule has 2 aliphatic rings. The zero-order valence-corrected chi connectivity index (χ0v) is 26.9. The van der Waals surface area contributed by atoms with Crippen molar-refractivity contribution >= 4 is 40.6 Å². The summed E-state index contributed by atoms with van der Waals surface area (Å²) in [5.41, 5.74) is 9.14. The lowest BCUT2D eigenvalue weighted by Gasteiger charge is -2.40. The summed E-state index contributed by atoms with van der Waals surface area (Å²) in [6.45, 7) is 0. The number of nitrogens with zero attached hydrogens (tertiary/aromatic N) is 6. The zero-order chi connectivity index (χ0) is 32.1. The lowest BCUT2D eigenvalue weighted by atomic mass is 9.96. The molecule has 2 aromatic heterocycles. The van der Waals surface area contributed by atoms with Crippen molar-refractivity contribution in [2.75, 3.05) is 0 Å². The van der Waals surface area contributed by atoms with Gasteiger partial charge >= 0.3 is 8.40 Å². The average molecular weight is 623 g/mol. The largest absolute Gasteiger partial charge is 0.346 e. The molecule has 0 amide bonds. The van der Waals surface area contributed by atoms with E-state index < -0.39 is 8.40 Å². The Kier molecular flexibility index (Phi) is 6.81. The molecular formula is C40H30N6Si. The van der Waals surface area contributed by atoms with E-state index in [1.165, 1.54) is 33.3 Å². The van der Waals surface area contributed by atoms with E-state index in [0.29, 0.717) is 22.3 Å². The van der Waals surface area contributed by atoms with Gasteiger partial charge in [0.15, 0.2) is 0 Å². The van der Waals surface area contributed by atoms with Crippen LogP contribution in [0.15, 0.2) is 84.9 Å². The Balaban J connectivity index is 1.71. The minimum atomic E-state index is -3.64. The Bertz CT molecular complexity index is 2200. The Hall–Kier alpha value is -5.86. The molecule has 0 atom stereocenters. The van der Waals surface area contributed by atoms with Crippen LogP contribution in [0, 0.1) is 45.3 Å². The third kappa shape index (κ3) is 4.18. The number of hydrogen-bond donors (Lipinski definition) is 0. The predicted octanol–water partition coefficient (Wildman–Crippen LogP) is 6.49. The van der Waals surface area contributed by atoms with E-state index in [4.69, 9.17) is 0 Å². The van der Waals surface area contributed by atoms with Gasteiger partial charge in [0.2, 0.25) is 0 Å². The smallest absolute Gasteiger partial charge is 0.340 e. The van der Waals surface area contributed by atoms with Gasteiger partial charge in [-0.25, -0.2) is 0 Å². The van der Waals surface area contributed by atoms with Crippen molar-refractivity contribution in [3.05, 3.63) is 130 Å². The summed E-state index contributed by atoms with van der Waals surface area (Å²) >= 11 is 0. The summed E-state index contributed by atoms with van der Waals surface area (Å²) in [6, 6.07) is 37.8. The highest BCUT2D eigenvalue weighted by atomic mass is 28.3. The molecule has 2 aliphatic carbocycles. The van der Waals surface area contributed by atoms with Crippen molar-refractivity contribution in [2.24, 2.45) is 0 Å². The lowest BCUT2D eigenvalue weighted by Crippen LogP contribution is -2.70. The third-order valence-corrected chi connectivity index (χ3v) is 14.7. The average Bonchev–Trinajstić information content (AvgIpc) is 3.66. The number of nitriles is 4. The van der Waals surface area contributed by atoms with E-state index in [1.807, 2.05) is 24.3 Å². The Morgan fingerprint density at radius 2 is 0.830 bits per heavy atom. The van der Waals surface area contributed by atoms with Crippen molar-refractivity contribution in [1.29, 1.82) is 21.0 Å². The van der Waals surface area contributed by atoms with Crippen molar-refractivity contribution in [3.63, 3.8) is 0 Å².